The van der Waals surface area contributed by atoms with Crippen LogP contribution in [0, 0.1) is 0 Å². The van der Waals surface area contributed by atoms with Crippen LogP contribution in [0.1, 0.15) is 49.9 Å². The van der Waals surface area contributed by atoms with E-state index in [0.717, 1.165) is 11.4 Å². The molecule has 0 fully saturated rings. The number of anilines is 6. The van der Waals surface area contributed by atoms with Crippen LogP contribution in [-0.4, -0.2) is 0 Å². The second kappa shape index (κ2) is 10.3. The molecule has 0 spiro atoms. The fourth-order valence-corrected chi connectivity index (χ4v) is 8.97. The van der Waals surface area contributed by atoms with Gasteiger partial charge in [-0.1, -0.05) is 143 Å². The van der Waals surface area contributed by atoms with Crippen molar-refractivity contribution in [3.05, 3.63) is 180 Å². The Morgan fingerprint density at radius 3 is 1.76 bits per heavy atom. The van der Waals surface area contributed by atoms with Crippen molar-refractivity contribution in [3.63, 3.8) is 0 Å². The molecule has 10 rings (SSSR count). The summed E-state index contributed by atoms with van der Waals surface area (Å²) in [6, 6.07) is 58.7. The molecule has 8 aromatic rings. The van der Waals surface area contributed by atoms with Gasteiger partial charge in [0.25, 0.3) is 0 Å². The van der Waals surface area contributed by atoms with Crippen molar-refractivity contribution in [2.75, 3.05) is 9.80 Å². The van der Waals surface area contributed by atoms with Gasteiger partial charge < -0.3 is 9.80 Å². The summed E-state index contributed by atoms with van der Waals surface area (Å²) in [5.74, 6) is 0. The zero-order chi connectivity index (χ0) is 33.8. The lowest BCUT2D eigenvalue weighted by atomic mass is 9.66. The molecule has 240 valence electrons. The lowest BCUT2D eigenvalue weighted by Gasteiger charge is -2.49. The van der Waals surface area contributed by atoms with E-state index in [9.17, 15) is 0 Å². The molecule has 0 N–H and O–H groups in total. The third-order valence-electron chi connectivity index (χ3n) is 11.6. The molecule has 2 heterocycles. The zero-order valence-corrected chi connectivity index (χ0v) is 28.9. The van der Waals surface area contributed by atoms with Crippen molar-refractivity contribution in [2.45, 2.75) is 38.5 Å². The summed E-state index contributed by atoms with van der Waals surface area (Å²) in [7, 11) is 0. The topological polar surface area (TPSA) is 6.48 Å². The predicted molar refractivity (Wildman–Crippen MR) is 213 cm³/mol. The average molecular weight is 643 g/mol. The third-order valence-corrected chi connectivity index (χ3v) is 11.6. The Kier molecular flexibility index (Phi) is 6.01. The van der Waals surface area contributed by atoms with Crippen LogP contribution in [0.2, 0.25) is 0 Å². The van der Waals surface area contributed by atoms with E-state index < -0.39 is 0 Å². The molecule has 0 aromatic heterocycles. The Morgan fingerprint density at radius 2 is 0.960 bits per heavy atom. The van der Waals surface area contributed by atoms with Crippen LogP contribution in [-0.2, 0) is 10.8 Å². The maximum Gasteiger partial charge on any atom is 0.0546 e. The highest BCUT2D eigenvalue weighted by atomic mass is 15.2. The Hall–Kier alpha value is -5.86. The molecule has 0 unspecified atom stereocenters. The second-order valence-electron chi connectivity index (χ2n) is 15.0. The van der Waals surface area contributed by atoms with Gasteiger partial charge in [-0.05, 0) is 91.6 Å². The quantitative estimate of drug-likeness (QED) is 0.177. The molecule has 2 heteroatoms. The van der Waals surface area contributed by atoms with Crippen LogP contribution in [0.3, 0.4) is 0 Å². The molecule has 0 aliphatic carbocycles. The van der Waals surface area contributed by atoms with E-state index in [4.69, 9.17) is 0 Å². The largest absolute Gasteiger partial charge is 0.310 e. The van der Waals surface area contributed by atoms with Gasteiger partial charge in [-0.3, -0.25) is 0 Å². The van der Waals surface area contributed by atoms with E-state index in [1.165, 1.54) is 77.3 Å². The molecular weight excluding hydrogens is 605 g/mol. The first-order chi connectivity index (χ1) is 24.3. The van der Waals surface area contributed by atoms with Gasteiger partial charge in [0.2, 0.25) is 0 Å². The SMILES string of the molecule is CC1(C)c2ccccc2N2c3ccc(N(c4ccc5ccccc5c4)c4cc5ccccc5c5ccccc45)cc3C(C)(C)c3cccc1c32. The van der Waals surface area contributed by atoms with E-state index in [0.29, 0.717) is 0 Å². The summed E-state index contributed by atoms with van der Waals surface area (Å²) in [5.41, 5.74) is 12.5. The molecule has 0 bridgehead atoms. The van der Waals surface area contributed by atoms with Crippen LogP contribution < -0.4 is 9.80 Å². The smallest absolute Gasteiger partial charge is 0.0546 e. The van der Waals surface area contributed by atoms with Crippen LogP contribution in [0.5, 0.6) is 0 Å². The highest BCUT2D eigenvalue weighted by molar-refractivity contribution is 6.15. The van der Waals surface area contributed by atoms with Gasteiger partial charge >= 0.3 is 0 Å². The van der Waals surface area contributed by atoms with Crippen molar-refractivity contribution in [1.29, 1.82) is 0 Å². The Bertz CT molecular complexity index is 2680. The number of hydrogen-bond acceptors (Lipinski definition) is 2. The fraction of sp³-hybridized carbons (Fsp3) is 0.125. The van der Waals surface area contributed by atoms with Gasteiger partial charge in [-0.15, -0.1) is 0 Å². The lowest BCUT2D eigenvalue weighted by Crippen LogP contribution is -2.38. The van der Waals surface area contributed by atoms with Gasteiger partial charge in [-0.2, -0.15) is 0 Å². The normalized spacial score (nSPS) is 15.1. The van der Waals surface area contributed by atoms with E-state index in [1.54, 1.807) is 0 Å². The first-order valence-electron chi connectivity index (χ1n) is 17.7. The minimum Gasteiger partial charge on any atom is -0.310 e. The number of rotatable bonds is 3. The Morgan fingerprint density at radius 1 is 0.400 bits per heavy atom. The van der Waals surface area contributed by atoms with Crippen molar-refractivity contribution in [1.82, 2.24) is 0 Å². The van der Waals surface area contributed by atoms with Gasteiger partial charge in [0.1, 0.15) is 0 Å². The highest BCUT2D eigenvalue weighted by Gasteiger charge is 2.45. The average Bonchev–Trinajstić information content (AvgIpc) is 3.15. The van der Waals surface area contributed by atoms with Crippen molar-refractivity contribution >= 4 is 66.4 Å². The molecule has 50 heavy (non-hydrogen) atoms. The van der Waals surface area contributed by atoms with Crippen molar-refractivity contribution in [2.24, 2.45) is 0 Å². The predicted octanol–water partition coefficient (Wildman–Crippen LogP) is 13.4. The van der Waals surface area contributed by atoms with Gasteiger partial charge in [-0.25, -0.2) is 0 Å². The van der Waals surface area contributed by atoms with Crippen molar-refractivity contribution in [3.8, 4) is 0 Å². The molecule has 0 saturated carbocycles. The fourth-order valence-electron chi connectivity index (χ4n) is 8.97. The molecule has 2 aliphatic heterocycles. The maximum absolute atomic E-state index is 2.54. The minimum atomic E-state index is -0.226. The minimum absolute atomic E-state index is 0.101. The van der Waals surface area contributed by atoms with E-state index >= 15 is 0 Å². The molecule has 0 atom stereocenters. The van der Waals surface area contributed by atoms with Crippen LogP contribution >= 0.6 is 0 Å². The van der Waals surface area contributed by atoms with E-state index in [-0.39, 0.29) is 10.8 Å². The molecular formula is C48H38N2. The van der Waals surface area contributed by atoms with E-state index in [1.807, 2.05) is 0 Å². The Labute approximate surface area is 293 Å². The summed E-state index contributed by atoms with van der Waals surface area (Å²) in [4.78, 5) is 5.03. The van der Waals surface area contributed by atoms with Crippen molar-refractivity contribution < 1.29 is 0 Å². The molecule has 0 saturated heterocycles. The van der Waals surface area contributed by atoms with Gasteiger partial charge in [0, 0.05) is 27.6 Å². The number of hydrogen-bond donors (Lipinski definition) is 0. The monoisotopic (exact) mass is 642 g/mol. The Balaban J connectivity index is 1.26. The number of para-hydroxylation sites is 2. The van der Waals surface area contributed by atoms with E-state index in [2.05, 4.69) is 195 Å². The molecule has 2 nitrogen and oxygen atoms in total. The summed E-state index contributed by atoms with van der Waals surface area (Å²) >= 11 is 0. The van der Waals surface area contributed by atoms with Gasteiger partial charge in [0.05, 0.1) is 22.7 Å². The maximum atomic E-state index is 2.54. The second-order valence-corrected chi connectivity index (χ2v) is 15.0. The summed E-state index contributed by atoms with van der Waals surface area (Å²) in [5, 5.41) is 7.48. The molecule has 0 amide bonds. The first-order valence-corrected chi connectivity index (χ1v) is 17.7. The summed E-state index contributed by atoms with van der Waals surface area (Å²) < 4.78 is 0. The number of nitrogens with zero attached hydrogens (tertiary/aromatic N) is 2. The zero-order valence-electron chi connectivity index (χ0n) is 28.9. The van der Waals surface area contributed by atoms with Gasteiger partial charge in [0.15, 0.2) is 0 Å². The highest BCUT2D eigenvalue weighted by Crippen LogP contribution is 2.60. The standard InChI is InChI=1S/C48H38N2/c1-47(2)39-20-11-12-23-43(39)50-44-27-26-35(30-42(44)48(3,4)41-22-13-21-40(47)46(41)50)49(34-25-24-31-14-5-6-15-32(31)28-34)45-29-33-16-7-8-17-36(33)37-18-9-10-19-38(37)45/h5-30H,1-4H3. The third kappa shape index (κ3) is 3.96. The molecule has 8 aromatic carbocycles. The van der Waals surface area contributed by atoms with Crippen LogP contribution in [0.4, 0.5) is 34.1 Å². The first kappa shape index (κ1) is 29.1. The molecule has 0 radical (unpaired) electrons. The summed E-state index contributed by atoms with van der Waals surface area (Å²) in [6.45, 7) is 9.56. The molecule has 2 aliphatic rings. The lowest BCUT2D eigenvalue weighted by molar-refractivity contribution is 0.597. The van der Waals surface area contributed by atoms with Crippen LogP contribution in [0.25, 0.3) is 32.3 Å². The summed E-state index contributed by atoms with van der Waals surface area (Å²) in [6.07, 6.45) is 0. The number of fused-ring (bicyclic) bond motifs is 8. The van der Waals surface area contributed by atoms with Crippen LogP contribution in [0.15, 0.2) is 158 Å². The number of benzene rings is 8.